The molecule has 0 spiro atoms. The first-order valence-electron chi connectivity index (χ1n) is 7.99. The summed E-state index contributed by atoms with van der Waals surface area (Å²) in [4.78, 5) is 23.9. The maximum atomic E-state index is 12.1. The number of carbonyl (C=O) groups excluding carboxylic acids is 2. The summed E-state index contributed by atoms with van der Waals surface area (Å²) in [5, 5.41) is 9.04. The highest BCUT2D eigenvalue weighted by Crippen LogP contribution is 2.20. The number of aryl methyl sites for hydroxylation is 1. The smallest absolute Gasteiger partial charge is 0.251 e. The molecular weight excluding hydrogens is 278 g/mol. The topological polar surface area (TPSA) is 70.2 Å². The maximum Gasteiger partial charge on any atom is 0.251 e. The van der Waals surface area contributed by atoms with E-state index in [0.717, 1.165) is 37.2 Å². The number of rotatable bonds is 5. The highest BCUT2D eigenvalue weighted by molar-refractivity contribution is 5.96. The van der Waals surface area contributed by atoms with Crippen molar-refractivity contribution in [3.8, 4) is 0 Å². The van der Waals surface area contributed by atoms with Crippen molar-refractivity contribution in [3.63, 3.8) is 0 Å². The molecule has 0 radical (unpaired) electrons. The van der Waals surface area contributed by atoms with Gasteiger partial charge in [0.25, 0.3) is 5.91 Å². The minimum Gasteiger partial charge on any atom is -0.352 e. The second-order valence-corrected chi connectivity index (χ2v) is 5.83. The summed E-state index contributed by atoms with van der Waals surface area (Å²) in [5.74, 6) is 0.440. The molecule has 3 N–H and O–H groups in total. The highest BCUT2D eigenvalue weighted by Gasteiger charge is 2.17. The van der Waals surface area contributed by atoms with E-state index >= 15 is 0 Å². The minimum atomic E-state index is -0.0850. The van der Waals surface area contributed by atoms with Crippen LogP contribution in [-0.4, -0.2) is 31.4 Å². The van der Waals surface area contributed by atoms with E-state index < -0.39 is 0 Å². The standard InChI is InChI=1S/C17H25N3O2/c1-3-19-17(22)14-4-5-15(12(2)10-14)20-16(21)11-13-6-8-18-9-7-13/h4-5,10,13,18H,3,6-9,11H2,1-2H3,(H,19,22)(H,20,21). The van der Waals surface area contributed by atoms with E-state index in [1.165, 1.54) is 0 Å². The van der Waals surface area contributed by atoms with Crippen LogP contribution in [-0.2, 0) is 4.79 Å². The molecule has 120 valence electrons. The summed E-state index contributed by atoms with van der Waals surface area (Å²) >= 11 is 0. The second-order valence-electron chi connectivity index (χ2n) is 5.83. The van der Waals surface area contributed by atoms with Gasteiger partial charge in [0.1, 0.15) is 0 Å². The lowest BCUT2D eigenvalue weighted by atomic mass is 9.94. The van der Waals surface area contributed by atoms with Gasteiger partial charge in [0.15, 0.2) is 0 Å². The van der Waals surface area contributed by atoms with Crippen molar-refractivity contribution >= 4 is 17.5 Å². The van der Waals surface area contributed by atoms with Crippen molar-refractivity contribution in [2.45, 2.75) is 33.1 Å². The van der Waals surface area contributed by atoms with Gasteiger partial charge >= 0.3 is 0 Å². The van der Waals surface area contributed by atoms with Gasteiger partial charge in [0.05, 0.1) is 0 Å². The Kier molecular flexibility index (Phi) is 5.95. The van der Waals surface area contributed by atoms with Crippen LogP contribution in [0.15, 0.2) is 18.2 Å². The van der Waals surface area contributed by atoms with Gasteiger partial charge in [-0.05, 0) is 69.5 Å². The average Bonchev–Trinajstić information content (AvgIpc) is 2.50. The molecule has 0 atom stereocenters. The molecule has 2 rings (SSSR count). The quantitative estimate of drug-likeness (QED) is 0.780. The maximum absolute atomic E-state index is 12.1. The molecule has 1 heterocycles. The second kappa shape index (κ2) is 7.94. The summed E-state index contributed by atoms with van der Waals surface area (Å²) in [5.41, 5.74) is 2.31. The number of anilines is 1. The number of nitrogens with one attached hydrogen (secondary N) is 3. The van der Waals surface area contributed by atoms with Crippen LogP contribution < -0.4 is 16.0 Å². The zero-order chi connectivity index (χ0) is 15.9. The summed E-state index contributed by atoms with van der Waals surface area (Å²) in [6.07, 6.45) is 2.68. The van der Waals surface area contributed by atoms with Gasteiger partial charge in [-0.1, -0.05) is 0 Å². The highest BCUT2D eigenvalue weighted by atomic mass is 16.2. The molecular formula is C17H25N3O2. The fourth-order valence-electron chi connectivity index (χ4n) is 2.76. The molecule has 1 fully saturated rings. The van der Waals surface area contributed by atoms with E-state index in [9.17, 15) is 9.59 Å². The predicted molar refractivity (Wildman–Crippen MR) is 88.0 cm³/mol. The predicted octanol–water partition coefficient (Wildman–Crippen LogP) is 2.07. The molecule has 5 heteroatoms. The molecule has 0 saturated carbocycles. The summed E-state index contributed by atoms with van der Waals surface area (Å²) in [7, 11) is 0. The van der Waals surface area contributed by atoms with E-state index in [4.69, 9.17) is 0 Å². The number of hydrogen-bond donors (Lipinski definition) is 3. The van der Waals surface area contributed by atoms with Gasteiger partial charge in [-0.3, -0.25) is 9.59 Å². The van der Waals surface area contributed by atoms with Crippen LogP contribution in [0.5, 0.6) is 0 Å². The first-order valence-corrected chi connectivity index (χ1v) is 7.99. The van der Waals surface area contributed by atoms with Crippen LogP contribution in [0.1, 0.15) is 42.1 Å². The lowest BCUT2D eigenvalue weighted by molar-refractivity contribution is -0.117. The third-order valence-electron chi connectivity index (χ3n) is 4.03. The zero-order valence-electron chi connectivity index (χ0n) is 13.4. The van der Waals surface area contributed by atoms with E-state index in [0.29, 0.717) is 24.4 Å². The monoisotopic (exact) mass is 303 g/mol. The lowest BCUT2D eigenvalue weighted by Crippen LogP contribution is -2.30. The van der Waals surface area contributed by atoms with Crippen molar-refractivity contribution in [2.24, 2.45) is 5.92 Å². The average molecular weight is 303 g/mol. The van der Waals surface area contributed by atoms with Crippen LogP contribution in [0.25, 0.3) is 0 Å². The molecule has 1 aromatic carbocycles. The van der Waals surface area contributed by atoms with Gasteiger partial charge in [-0.25, -0.2) is 0 Å². The van der Waals surface area contributed by atoms with Crippen molar-refractivity contribution in [2.75, 3.05) is 25.0 Å². The summed E-state index contributed by atoms with van der Waals surface area (Å²) in [6.45, 7) is 6.39. The largest absolute Gasteiger partial charge is 0.352 e. The Morgan fingerprint density at radius 1 is 1.27 bits per heavy atom. The molecule has 1 aromatic rings. The first-order chi connectivity index (χ1) is 10.6. The van der Waals surface area contributed by atoms with Gasteiger partial charge in [0, 0.05) is 24.2 Å². The minimum absolute atomic E-state index is 0.0563. The van der Waals surface area contributed by atoms with E-state index in [1.54, 1.807) is 12.1 Å². The number of carbonyl (C=O) groups is 2. The molecule has 0 aromatic heterocycles. The summed E-state index contributed by atoms with van der Waals surface area (Å²) in [6, 6.07) is 5.36. The van der Waals surface area contributed by atoms with Crippen molar-refractivity contribution in [1.82, 2.24) is 10.6 Å². The van der Waals surface area contributed by atoms with Gasteiger partial charge in [-0.2, -0.15) is 0 Å². The van der Waals surface area contributed by atoms with E-state index in [2.05, 4.69) is 16.0 Å². The zero-order valence-corrected chi connectivity index (χ0v) is 13.4. The Balaban J connectivity index is 1.94. The Morgan fingerprint density at radius 2 is 2.00 bits per heavy atom. The lowest BCUT2D eigenvalue weighted by Gasteiger charge is -2.22. The van der Waals surface area contributed by atoms with Crippen LogP contribution in [0.4, 0.5) is 5.69 Å². The fraction of sp³-hybridized carbons (Fsp3) is 0.529. The Bertz CT molecular complexity index is 537. The van der Waals surface area contributed by atoms with Crippen molar-refractivity contribution in [1.29, 1.82) is 0 Å². The van der Waals surface area contributed by atoms with Crippen LogP contribution in [0.2, 0.25) is 0 Å². The molecule has 1 aliphatic rings. The van der Waals surface area contributed by atoms with E-state index in [1.807, 2.05) is 19.9 Å². The third kappa shape index (κ3) is 4.56. The molecule has 5 nitrogen and oxygen atoms in total. The molecule has 0 bridgehead atoms. The Hall–Kier alpha value is -1.88. The number of amides is 2. The van der Waals surface area contributed by atoms with Crippen LogP contribution in [0.3, 0.4) is 0 Å². The first kappa shape index (κ1) is 16.5. The molecule has 22 heavy (non-hydrogen) atoms. The van der Waals surface area contributed by atoms with Gasteiger partial charge in [-0.15, -0.1) is 0 Å². The number of benzene rings is 1. The van der Waals surface area contributed by atoms with Gasteiger partial charge in [0.2, 0.25) is 5.91 Å². The molecule has 0 unspecified atom stereocenters. The van der Waals surface area contributed by atoms with Crippen molar-refractivity contribution in [3.05, 3.63) is 29.3 Å². The number of hydrogen-bond acceptors (Lipinski definition) is 3. The Morgan fingerprint density at radius 3 is 2.64 bits per heavy atom. The van der Waals surface area contributed by atoms with Gasteiger partial charge < -0.3 is 16.0 Å². The fourth-order valence-corrected chi connectivity index (χ4v) is 2.76. The Labute approximate surface area is 131 Å². The SMILES string of the molecule is CCNC(=O)c1ccc(NC(=O)CC2CCNCC2)c(C)c1. The third-order valence-corrected chi connectivity index (χ3v) is 4.03. The molecule has 0 aliphatic carbocycles. The molecule has 1 saturated heterocycles. The molecule has 1 aliphatic heterocycles. The van der Waals surface area contributed by atoms with Crippen LogP contribution in [0, 0.1) is 12.8 Å². The van der Waals surface area contributed by atoms with Crippen LogP contribution >= 0.6 is 0 Å². The summed E-state index contributed by atoms with van der Waals surface area (Å²) < 4.78 is 0. The normalized spacial score (nSPS) is 15.4. The van der Waals surface area contributed by atoms with E-state index in [-0.39, 0.29) is 11.8 Å². The molecule has 2 amide bonds. The number of piperidine rings is 1. The van der Waals surface area contributed by atoms with Crippen molar-refractivity contribution < 1.29 is 9.59 Å².